The summed E-state index contributed by atoms with van der Waals surface area (Å²) in [5.41, 5.74) is 5.25. The molecule has 0 aromatic heterocycles. The van der Waals surface area contributed by atoms with Crippen LogP contribution in [0, 0.1) is 0 Å². The van der Waals surface area contributed by atoms with E-state index < -0.39 is 0 Å². The monoisotopic (exact) mass is 327 g/mol. The fraction of sp³-hybridized carbons (Fsp3) is 0.368. The minimum atomic E-state index is 0.160. The van der Waals surface area contributed by atoms with Gasteiger partial charge in [-0.05, 0) is 48.2 Å². The van der Waals surface area contributed by atoms with Crippen LogP contribution in [0.15, 0.2) is 18.2 Å². The number of methoxy groups -OCH3 is 3. The molecule has 24 heavy (non-hydrogen) atoms. The maximum atomic E-state index is 10.8. The van der Waals surface area contributed by atoms with Gasteiger partial charge in [0, 0.05) is 17.2 Å². The molecule has 2 aliphatic rings. The lowest BCUT2D eigenvalue weighted by Crippen LogP contribution is -2.34. The number of hydrogen-bond acceptors (Lipinski definition) is 5. The summed E-state index contributed by atoms with van der Waals surface area (Å²) >= 11 is 0. The average molecular weight is 327 g/mol. The van der Waals surface area contributed by atoms with Crippen LogP contribution in [0.1, 0.15) is 22.7 Å². The lowest BCUT2D eigenvalue weighted by Gasteiger charge is -2.36. The quantitative estimate of drug-likeness (QED) is 0.908. The van der Waals surface area contributed by atoms with Crippen LogP contribution >= 0.6 is 0 Å². The van der Waals surface area contributed by atoms with E-state index in [1.807, 2.05) is 12.1 Å². The van der Waals surface area contributed by atoms with Crippen molar-refractivity contribution in [3.8, 4) is 34.1 Å². The van der Waals surface area contributed by atoms with E-state index in [4.69, 9.17) is 14.2 Å². The first-order valence-corrected chi connectivity index (χ1v) is 8.10. The molecule has 0 spiro atoms. The Morgan fingerprint density at radius 2 is 1.79 bits per heavy atom. The van der Waals surface area contributed by atoms with Gasteiger partial charge in [-0.25, -0.2) is 0 Å². The van der Waals surface area contributed by atoms with E-state index >= 15 is 0 Å². The average Bonchev–Trinajstić information content (AvgIpc) is 2.61. The van der Waals surface area contributed by atoms with Crippen LogP contribution in [-0.2, 0) is 12.8 Å². The van der Waals surface area contributed by atoms with Crippen molar-refractivity contribution < 1.29 is 19.3 Å². The first kappa shape index (κ1) is 15.1. The van der Waals surface area contributed by atoms with Crippen molar-refractivity contribution in [2.75, 3.05) is 27.9 Å². The van der Waals surface area contributed by atoms with Crippen molar-refractivity contribution in [1.29, 1.82) is 0 Å². The number of phenolic OH excluding ortho intramolecular Hbond substituents is 1. The number of ether oxygens (including phenoxy) is 3. The van der Waals surface area contributed by atoms with Crippen LogP contribution in [0.5, 0.6) is 23.0 Å². The van der Waals surface area contributed by atoms with E-state index in [1.54, 1.807) is 21.3 Å². The zero-order valence-electron chi connectivity index (χ0n) is 14.1. The Hall–Kier alpha value is -2.40. The van der Waals surface area contributed by atoms with Gasteiger partial charge in [-0.1, -0.05) is 6.07 Å². The van der Waals surface area contributed by atoms with E-state index in [0.29, 0.717) is 17.2 Å². The molecular weight excluding hydrogens is 306 g/mol. The first-order valence-electron chi connectivity index (χ1n) is 8.10. The lowest BCUT2D eigenvalue weighted by atomic mass is 9.77. The number of rotatable bonds is 3. The van der Waals surface area contributed by atoms with Crippen LogP contribution < -0.4 is 19.5 Å². The number of aromatic hydroxyl groups is 1. The second-order valence-electron chi connectivity index (χ2n) is 6.17. The fourth-order valence-electron chi connectivity index (χ4n) is 4.02. The first-order chi connectivity index (χ1) is 11.7. The molecule has 5 nitrogen and oxygen atoms in total. The van der Waals surface area contributed by atoms with Gasteiger partial charge in [0.25, 0.3) is 0 Å². The summed E-state index contributed by atoms with van der Waals surface area (Å²) in [6.45, 7) is 0.935. The molecule has 0 amide bonds. The van der Waals surface area contributed by atoms with Gasteiger partial charge in [-0.15, -0.1) is 0 Å². The maximum absolute atomic E-state index is 10.8. The number of fused-ring (bicyclic) bond motifs is 2. The van der Waals surface area contributed by atoms with E-state index in [0.717, 1.165) is 36.1 Å². The number of nitrogens with one attached hydrogen (secondary N) is 1. The minimum Gasteiger partial charge on any atom is -0.504 e. The van der Waals surface area contributed by atoms with Crippen molar-refractivity contribution in [2.45, 2.75) is 18.9 Å². The second kappa shape index (κ2) is 5.60. The largest absolute Gasteiger partial charge is 0.504 e. The number of phenols is 1. The molecule has 126 valence electrons. The Labute approximate surface area is 141 Å². The number of hydrogen-bond donors (Lipinski definition) is 2. The van der Waals surface area contributed by atoms with E-state index in [2.05, 4.69) is 11.4 Å². The van der Waals surface area contributed by atoms with Crippen LogP contribution in [-0.4, -0.2) is 33.0 Å². The van der Waals surface area contributed by atoms with Gasteiger partial charge in [0.1, 0.15) is 0 Å². The second-order valence-corrected chi connectivity index (χ2v) is 6.17. The summed E-state index contributed by atoms with van der Waals surface area (Å²) in [6, 6.07) is 6.12. The third-order valence-corrected chi connectivity index (χ3v) is 5.05. The molecule has 1 atom stereocenters. The Morgan fingerprint density at radius 3 is 2.50 bits per heavy atom. The molecule has 1 aliphatic carbocycles. The highest BCUT2D eigenvalue weighted by atomic mass is 16.5. The van der Waals surface area contributed by atoms with E-state index in [-0.39, 0.29) is 11.8 Å². The molecule has 1 heterocycles. The molecule has 0 fully saturated rings. The predicted octanol–water partition coefficient (Wildman–Crippen LogP) is 2.83. The Kier molecular flexibility index (Phi) is 3.53. The molecule has 2 aromatic rings. The molecule has 0 unspecified atom stereocenters. The van der Waals surface area contributed by atoms with Crippen LogP contribution in [0.2, 0.25) is 0 Å². The van der Waals surface area contributed by atoms with Gasteiger partial charge >= 0.3 is 0 Å². The third-order valence-electron chi connectivity index (χ3n) is 5.05. The molecule has 0 bridgehead atoms. The van der Waals surface area contributed by atoms with Gasteiger partial charge in [-0.3, -0.25) is 0 Å². The highest BCUT2D eigenvalue weighted by Gasteiger charge is 2.35. The lowest BCUT2D eigenvalue weighted by molar-refractivity contribution is 0.351. The molecule has 5 heteroatoms. The molecule has 2 N–H and O–H groups in total. The Balaban J connectivity index is 2.11. The van der Waals surface area contributed by atoms with Gasteiger partial charge < -0.3 is 24.6 Å². The van der Waals surface area contributed by atoms with Crippen LogP contribution in [0.4, 0.5) is 0 Å². The van der Waals surface area contributed by atoms with Crippen molar-refractivity contribution in [3.05, 3.63) is 34.9 Å². The molecule has 2 aromatic carbocycles. The molecule has 0 radical (unpaired) electrons. The molecular formula is C19H21NO4. The summed E-state index contributed by atoms with van der Waals surface area (Å²) in [4.78, 5) is 0. The Bertz CT molecular complexity index is 816. The molecule has 4 rings (SSSR count). The van der Waals surface area contributed by atoms with Gasteiger partial charge in [0.05, 0.1) is 21.3 Å². The summed E-state index contributed by atoms with van der Waals surface area (Å²) in [5, 5.41) is 14.4. The minimum absolute atomic E-state index is 0.160. The van der Waals surface area contributed by atoms with Crippen molar-refractivity contribution in [2.24, 2.45) is 0 Å². The van der Waals surface area contributed by atoms with Crippen LogP contribution in [0.25, 0.3) is 11.1 Å². The zero-order valence-corrected chi connectivity index (χ0v) is 14.1. The highest BCUT2D eigenvalue weighted by Crippen LogP contribution is 2.54. The summed E-state index contributed by atoms with van der Waals surface area (Å²) in [5.74, 6) is 1.98. The number of benzene rings is 2. The van der Waals surface area contributed by atoms with Crippen LogP contribution in [0.3, 0.4) is 0 Å². The summed E-state index contributed by atoms with van der Waals surface area (Å²) in [7, 11) is 4.84. The molecule has 0 saturated carbocycles. The topological polar surface area (TPSA) is 60.0 Å². The molecule has 1 aliphatic heterocycles. The maximum Gasteiger partial charge on any atom is 0.169 e. The normalized spacial score (nSPS) is 17.7. The summed E-state index contributed by atoms with van der Waals surface area (Å²) < 4.78 is 16.6. The van der Waals surface area contributed by atoms with Crippen molar-refractivity contribution >= 4 is 0 Å². The van der Waals surface area contributed by atoms with E-state index in [9.17, 15) is 5.11 Å². The standard InChI is InChI=1S/C19H21NO4/c1-22-13-5-4-10-8-12-15-11(6-7-20-12)9-14(23-2)19(24-3)17(15)16(10)18(13)21/h4-5,9,12,20-21H,6-8H2,1-3H3/t12-/m0/s1. The smallest absolute Gasteiger partial charge is 0.169 e. The zero-order chi connectivity index (χ0) is 16.8. The predicted molar refractivity (Wildman–Crippen MR) is 91.4 cm³/mol. The SMILES string of the molecule is COc1ccc2c(c1O)-c1c(OC)c(OC)cc3c1[C@H](C2)NCC3. The highest BCUT2D eigenvalue weighted by molar-refractivity contribution is 5.88. The van der Waals surface area contributed by atoms with E-state index in [1.165, 1.54) is 11.1 Å². The summed E-state index contributed by atoms with van der Waals surface area (Å²) in [6.07, 6.45) is 1.77. The van der Waals surface area contributed by atoms with Gasteiger partial charge in [-0.2, -0.15) is 0 Å². The van der Waals surface area contributed by atoms with Crippen molar-refractivity contribution in [3.63, 3.8) is 0 Å². The Morgan fingerprint density at radius 1 is 1.00 bits per heavy atom. The molecule has 0 saturated heterocycles. The van der Waals surface area contributed by atoms with Gasteiger partial charge in [0.2, 0.25) is 0 Å². The van der Waals surface area contributed by atoms with Gasteiger partial charge in [0.15, 0.2) is 23.0 Å². The fourth-order valence-corrected chi connectivity index (χ4v) is 4.02. The third kappa shape index (κ3) is 1.97. The van der Waals surface area contributed by atoms with Crippen molar-refractivity contribution in [1.82, 2.24) is 5.32 Å².